The second-order valence-electron chi connectivity index (χ2n) is 5.49. The van der Waals surface area contributed by atoms with E-state index in [1.807, 2.05) is 26.0 Å². The van der Waals surface area contributed by atoms with Gasteiger partial charge in [-0.25, -0.2) is 4.98 Å². The highest BCUT2D eigenvalue weighted by Gasteiger charge is 2.15. The van der Waals surface area contributed by atoms with Crippen LogP contribution in [0.1, 0.15) is 20.3 Å². The van der Waals surface area contributed by atoms with Gasteiger partial charge in [-0.15, -0.1) is 0 Å². The van der Waals surface area contributed by atoms with Gasteiger partial charge >= 0.3 is 0 Å². The molecule has 0 radical (unpaired) electrons. The molecular weight excluding hydrogens is 252 g/mol. The summed E-state index contributed by atoms with van der Waals surface area (Å²) in [5.74, 6) is 1.08. The van der Waals surface area contributed by atoms with E-state index in [4.69, 9.17) is 0 Å². The minimum absolute atomic E-state index is 0.0345. The summed E-state index contributed by atoms with van der Waals surface area (Å²) < 4.78 is 0. The number of hydrogen-bond acceptors (Lipinski definition) is 4. The number of piperazine rings is 1. The van der Waals surface area contributed by atoms with E-state index in [0.717, 1.165) is 44.1 Å². The lowest BCUT2D eigenvalue weighted by atomic mass is 10.1. The monoisotopic (exact) mass is 276 g/mol. The van der Waals surface area contributed by atoms with E-state index in [1.54, 1.807) is 6.20 Å². The fourth-order valence-corrected chi connectivity index (χ4v) is 2.13. The Morgan fingerprint density at radius 3 is 2.60 bits per heavy atom. The topological polar surface area (TPSA) is 48.5 Å². The molecule has 20 heavy (non-hydrogen) atoms. The SMILES string of the molecule is CCC(C)C(=O)Nc1ccc(N2CCN(C)CC2)nc1. The van der Waals surface area contributed by atoms with Gasteiger partial charge in [0, 0.05) is 32.1 Å². The predicted octanol–water partition coefficient (Wildman–Crippen LogP) is 1.82. The van der Waals surface area contributed by atoms with Crippen LogP contribution in [0.25, 0.3) is 0 Å². The third kappa shape index (κ3) is 3.70. The first kappa shape index (κ1) is 14.8. The first-order chi connectivity index (χ1) is 9.60. The first-order valence-electron chi connectivity index (χ1n) is 7.30. The molecule has 1 aromatic heterocycles. The zero-order chi connectivity index (χ0) is 14.5. The van der Waals surface area contributed by atoms with Crippen molar-refractivity contribution in [3.8, 4) is 0 Å². The van der Waals surface area contributed by atoms with Crippen molar-refractivity contribution in [2.24, 2.45) is 5.92 Å². The Bertz CT molecular complexity index is 438. The Hall–Kier alpha value is -1.62. The Morgan fingerprint density at radius 2 is 2.05 bits per heavy atom. The Kier molecular flexibility index (Phi) is 4.95. The first-order valence-corrected chi connectivity index (χ1v) is 7.30. The highest BCUT2D eigenvalue weighted by Crippen LogP contribution is 2.16. The van der Waals surface area contributed by atoms with E-state index in [0.29, 0.717) is 0 Å². The summed E-state index contributed by atoms with van der Waals surface area (Å²) in [5.41, 5.74) is 0.771. The molecule has 0 spiro atoms. The lowest BCUT2D eigenvalue weighted by Gasteiger charge is -2.33. The number of carbonyl (C=O) groups excluding carboxylic acids is 1. The molecule has 1 atom stereocenters. The normalized spacial score (nSPS) is 17.9. The van der Waals surface area contributed by atoms with Gasteiger partial charge in [0.05, 0.1) is 11.9 Å². The number of hydrogen-bond donors (Lipinski definition) is 1. The molecule has 1 unspecified atom stereocenters. The molecule has 0 saturated carbocycles. The molecule has 1 aliphatic rings. The van der Waals surface area contributed by atoms with Crippen molar-refractivity contribution in [1.29, 1.82) is 0 Å². The molecule has 2 rings (SSSR count). The molecule has 5 heteroatoms. The second kappa shape index (κ2) is 6.70. The van der Waals surface area contributed by atoms with E-state index in [9.17, 15) is 4.79 Å². The van der Waals surface area contributed by atoms with Gasteiger partial charge in [0.15, 0.2) is 0 Å². The average molecular weight is 276 g/mol. The number of rotatable bonds is 4. The van der Waals surface area contributed by atoms with Crippen LogP contribution in [-0.2, 0) is 4.79 Å². The van der Waals surface area contributed by atoms with Crippen molar-refractivity contribution >= 4 is 17.4 Å². The van der Waals surface area contributed by atoms with Crippen molar-refractivity contribution in [3.05, 3.63) is 18.3 Å². The molecule has 5 nitrogen and oxygen atoms in total. The molecule has 0 aliphatic carbocycles. The Morgan fingerprint density at radius 1 is 1.35 bits per heavy atom. The van der Waals surface area contributed by atoms with Crippen molar-refractivity contribution in [2.75, 3.05) is 43.4 Å². The summed E-state index contributed by atoms with van der Waals surface area (Å²) >= 11 is 0. The van der Waals surface area contributed by atoms with Crippen LogP contribution >= 0.6 is 0 Å². The number of nitrogens with zero attached hydrogens (tertiary/aromatic N) is 3. The van der Waals surface area contributed by atoms with Crippen LogP contribution in [0.5, 0.6) is 0 Å². The van der Waals surface area contributed by atoms with Crippen LogP contribution < -0.4 is 10.2 Å². The molecular formula is C15H24N4O. The van der Waals surface area contributed by atoms with Crippen molar-refractivity contribution in [3.63, 3.8) is 0 Å². The lowest BCUT2D eigenvalue weighted by molar-refractivity contribution is -0.119. The van der Waals surface area contributed by atoms with Gasteiger partial charge in [-0.1, -0.05) is 13.8 Å². The number of likely N-dealkylation sites (N-methyl/N-ethyl adjacent to an activating group) is 1. The molecule has 0 bridgehead atoms. The molecule has 1 amide bonds. The van der Waals surface area contributed by atoms with Gasteiger partial charge in [0.1, 0.15) is 5.82 Å². The number of nitrogens with one attached hydrogen (secondary N) is 1. The van der Waals surface area contributed by atoms with Gasteiger partial charge in [0.25, 0.3) is 0 Å². The van der Waals surface area contributed by atoms with Gasteiger partial charge < -0.3 is 15.1 Å². The molecule has 2 heterocycles. The smallest absolute Gasteiger partial charge is 0.227 e. The average Bonchev–Trinajstić information content (AvgIpc) is 2.48. The van der Waals surface area contributed by atoms with E-state index in [-0.39, 0.29) is 11.8 Å². The van der Waals surface area contributed by atoms with Crippen molar-refractivity contribution in [2.45, 2.75) is 20.3 Å². The number of anilines is 2. The maximum absolute atomic E-state index is 11.8. The van der Waals surface area contributed by atoms with Crippen LogP contribution in [0.2, 0.25) is 0 Å². The number of amides is 1. The molecule has 0 aromatic carbocycles. The zero-order valence-electron chi connectivity index (χ0n) is 12.6. The van der Waals surface area contributed by atoms with Gasteiger partial charge in [-0.3, -0.25) is 4.79 Å². The summed E-state index contributed by atoms with van der Waals surface area (Å²) in [7, 11) is 2.14. The maximum atomic E-state index is 11.8. The van der Waals surface area contributed by atoms with Crippen LogP contribution in [0.4, 0.5) is 11.5 Å². The van der Waals surface area contributed by atoms with E-state index < -0.39 is 0 Å². The zero-order valence-corrected chi connectivity index (χ0v) is 12.6. The van der Waals surface area contributed by atoms with Gasteiger partial charge in [0.2, 0.25) is 5.91 Å². The van der Waals surface area contributed by atoms with Crippen molar-refractivity contribution < 1.29 is 4.79 Å². The Balaban J connectivity index is 1.94. The molecule has 1 saturated heterocycles. The van der Waals surface area contributed by atoms with Crippen LogP contribution in [0.3, 0.4) is 0 Å². The fourth-order valence-electron chi connectivity index (χ4n) is 2.13. The molecule has 1 aliphatic heterocycles. The summed E-state index contributed by atoms with van der Waals surface area (Å²) in [5, 5.41) is 2.90. The second-order valence-corrected chi connectivity index (χ2v) is 5.49. The number of pyridine rings is 1. The molecule has 110 valence electrons. The van der Waals surface area contributed by atoms with E-state index in [1.165, 1.54) is 0 Å². The maximum Gasteiger partial charge on any atom is 0.227 e. The quantitative estimate of drug-likeness (QED) is 0.911. The Labute approximate surface area is 121 Å². The minimum Gasteiger partial charge on any atom is -0.354 e. The molecule has 1 aromatic rings. The highest BCUT2D eigenvalue weighted by atomic mass is 16.1. The third-order valence-corrected chi connectivity index (χ3v) is 3.90. The predicted molar refractivity (Wildman–Crippen MR) is 82.0 cm³/mol. The van der Waals surface area contributed by atoms with Gasteiger partial charge in [-0.05, 0) is 25.6 Å². The van der Waals surface area contributed by atoms with E-state index >= 15 is 0 Å². The fraction of sp³-hybridized carbons (Fsp3) is 0.600. The summed E-state index contributed by atoms with van der Waals surface area (Å²) in [4.78, 5) is 20.9. The standard InChI is InChI=1S/C15H24N4O/c1-4-12(2)15(20)17-13-5-6-14(16-11-13)19-9-7-18(3)8-10-19/h5-6,11-12H,4,7-10H2,1-3H3,(H,17,20). The third-order valence-electron chi connectivity index (χ3n) is 3.90. The summed E-state index contributed by atoms with van der Waals surface area (Å²) in [6.07, 6.45) is 2.59. The van der Waals surface area contributed by atoms with Crippen LogP contribution in [-0.4, -0.2) is 49.0 Å². The summed E-state index contributed by atoms with van der Waals surface area (Å²) in [6.45, 7) is 8.08. The highest BCUT2D eigenvalue weighted by molar-refractivity contribution is 5.92. The molecule has 1 fully saturated rings. The summed E-state index contributed by atoms with van der Waals surface area (Å²) in [6, 6.07) is 3.92. The lowest BCUT2D eigenvalue weighted by Crippen LogP contribution is -2.44. The number of aromatic nitrogens is 1. The minimum atomic E-state index is 0.0345. The molecule has 1 N–H and O–H groups in total. The van der Waals surface area contributed by atoms with Crippen LogP contribution in [0.15, 0.2) is 18.3 Å². The van der Waals surface area contributed by atoms with Crippen LogP contribution in [0, 0.1) is 5.92 Å². The number of carbonyl (C=O) groups is 1. The van der Waals surface area contributed by atoms with E-state index in [2.05, 4.69) is 27.1 Å². The van der Waals surface area contributed by atoms with Gasteiger partial charge in [-0.2, -0.15) is 0 Å². The largest absolute Gasteiger partial charge is 0.354 e. The van der Waals surface area contributed by atoms with Crippen molar-refractivity contribution in [1.82, 2.24) is 9.88 Å².